The number of benzene rings is 1. The third-order valence-corrected chi connectivity index (χ3v) is 4.35. The molecule has 1 atom stereocenters. The Bertz CT molecular complexity index is 533. The first-order chi connectivity index (χ1) is 10.9. The highest BCUT2D eigenvalue weighted by atomic mass is 32.1. The fourth-order valence-corrected chi connectivity index (χ4v) is 2.99. The van der Waals surface area contributed by atoms with Crippen molar-refractivity contribution in [2.24, 2.45) is 5.92 Å². The van der Waals surface area contributed by atoms with Gasteiger partial charge in [-0.2, -0.15) is 0 Å². The van der Waals surface area contributed by atoms with Gasteiger partial charge >= 0.3 is 0 Å². The summed E-state index contributed by atoms with van der Waals surface area (Å²) in [6.07, 6.45) is 0.196. The van der Waals surface area contributed by atoms with Crippen molar-refractivity contribution < 1.29 is 4.74 Å². The zero-order valence-electron chi connectivity index (χ0n) is 14.7. The van der Waals surface area contributed by atoms with Crippen LogP contribution in [0.15, 0.2) is 18.2 Å². The van der Waals surface area contributed by atoms with Gasteiger partial charge in [-0.05, 0) is 55.2 Å². The number of nitrogens with zero attached hydrogens (tertiary/aromatic N) is 1. The fourth-order valence-electron chi connectivity index (χ4n) is 2.79. The van der Waals surface area contributed by atoms with E-state index in [0.717, 1.165) is 38.5 Å². The zero-order chi connectivity index (χ0) is 16.8. The summed E-state index contributed by atoms with van der Waals surface area (Å²) in [6.45, 7) is 13.4. The molecule has 1 aromatic rings. The Morgan fingerprint density at radius 2 is 2.13 bits per heavy atom. The van der Waals surface area contributed by atoms with Gasteiger partial charge in [0.15, 0.2) is 5.11 Å². The molecule has 4 nitrogen and oxygen atoms in total. The van der Waals surface area contributed by atoms with E-state index in [0.29, 0.717) is 11.0 Å². The molecule has 1 heterocycles. The maximum Gasteiger partial charge on any atom is 0.170 e. The molecule has 23 heavy (non-hydrogen) atoms. The number of ether oxygens (including phenoxy) is 1. The standard InChI is InChI=1S/C18H29N3OS/c1-13(2)11-21-7-8-22-17(12-21)10-19-18(23)20-16-6-5-14(3)15(4)9-16/h5-6,9,13,17H,7-8,10-12H2,1-4H3,(H2,19,20,23)/t17-/m1/s1. The van der Waals surface area contributed by atoms with Crippen molar-refractivity contribution in [2.75, 3.05) is 38.1 Å². The summed E-state index contributed by atoms with van der Waals surface area (Å²) in [7, 11) is 0. The van der Waals surface area contributed by atoms with Crippen LogP contribution in [0.2, 0.25) is 0 Å². The van der Waals surface area contributed by atoms with E-state index >= 15 is 0 Å². The number of aryl methyl sites for hydroxylation is 2. The third kappa shape index (κ3) is 6.09. The van der Waals surface area contributed by atoms with Crippen molar-refractivity contribution in [3.05, 3.63) is 29.3 Å². The topological polar surface area (TPSA) is 36.5 Å². The highest BCUT2D eigenvalue weighted by Gasteiger charge is 2.20. The Labute approximate surface area is 145 Å². The van der Waals surface area contributed by atoms with E-state index in [1.54, 1.807) is 0 Å². The average molecular weight is 336 g/mol. The molecule has 0 saturated carbocycles. The van der Waals surface area contributed by atoms with Gasteiger partial charge in [-0.1, -0.05) is 19.9 Å². The molecule has 0 radical (unpaired) electrons. The van der Waals surface area contributed by atoms with Crippen LogP contribution in [-0.2, 0) is 4.74 Å². The normalized spacial score (nSPS) is 18.9. The molecule has 1 aliphatic heterocycles. The molecule has 1 aromatic carbocycles. The number of rotatable bonds is 5. The molecule has 0 spiro atoms. The SMILES string of the molecule is Cc1ccc(NC(=S)NC[C@@H]2CN(CC(C)C)CCO2)cc1C. The molecule has 2 N–H and O–H groups in total. The lowest BCUT2D eigenvalue weighted by molar-refractivity contribution is -0.0283. The van der Waals surface area contributed by atoms with Crippen LogP contribution < -0.4 is 10.6 Å². The lowest BCUT2D eigenvalue weighted by Crippen LogP contribution is -2.48. The Morgan fingerprint density at radius 3 is 2.83 bits per heavy atom. The van der Waals surface area contributed by atoms with Gasteiger partial charge in [0.1, 0.15) is 0 Å². The summed E-state index contributed by atoms with van der Waals surface area (Å²) in [4.78, 5) is 2.47. The van der Waals surface area contributed by atoms with Crippen molar-refractivity contribution in [3.8, 4) is 0 Å². The summed E-state index contributed by atoms with van der Waals surface area (Å²) in [5.41, 5.74) is 3.57. The smallest absolute Gasteiger partial charge is 0.170 e. The number of morpholine rings is 1. The summed E-state index contributed by atoms with van der Waals surface area (Å²) in [6, 6.07) is 6.27. The van der Waals surface area contributed by atoms with Crippen LogP contribution in [0.4, 0.5) is 5.69 Å². The second kappa shape index (κ2) is 8.62. The summed E-state index contributed by atoms with van der Waals surface area (Å²) in [5, 5.41) is 7.17. The first kappa shape index (κ1) is 18.2. The Morgan fingerprint density at radius 1 is 1.35 bits per heavy atom. The van der Waals surface area contributed by atoms with Gasteiger partial charge in [0.25, 0.3) is 0 Å². The molecule has 1 saturated heterocycles. The minimum Gasteiger partial charge on any atom is -0.374 e. The molecule has 0 unspecified atom stereocenters. The maximum absolute atomic E-state index is 5.83. The summed E-state index contributed by atoms with van der Waals surface area (Å²) in [5.74, 6) is 0.689. The van der Waals surface area contributed by atoms with Gasteiger partial charge in [-0.25, -0.2) is 0 Å². The van der Waals surface area contributed by atoms with Crippen LogP contribution in [0, 0.1) is 19.8 Å². The van der Waals surface area contributed by atoms with Crippen molar-refractivity contribution >= 4 is 23.0 Å². The highest BCUT2D eigenvalue weighted by Crippen LogP contribution is 2.14. The second-order valence-corrected chi connectivity index (χ2v) is 7.19. The molecule has 128 valence electrons. The van der Waals surface area contributed by atoms with Crippen LogP contribution >= 0.6 is 12.2 Å². The maximum atomic E-state index is 5.83. The van der Waals surface area contributed by atoms with Crippen molar-refractivity contribution in [1.82, 2.24) is 10.2 Å². The number of thiocarbonyl (C=S) groups is 1. The van der Waals surface area contributed by atoms with Crippen LogP contribution in [-0.4, -0.2) is 48.9 Å². The van der Waals surface area contributed by atoms with Crippen molar-refractivity contribution in [3.63, 3.8) is 0 Å². The van der Waals surface area contributed by atoms with E-state index in [4.69, 9.17) is 17.0 Å². The van der Waals surface area contributed by atoms with Crippen LogP contribution in [0.25, 0.3) is 0 Å². The average Bonchev–Trinajstić information content (AvgIpc) is 2.49. The molecule has 0 bridgehead atoms. The van der Waals surface area contributed by atoms with Gasteiger partial charge in [0.2, 0.25) is 0 Å². The predicted octanol–water partition coefficient (Wildman–Crippen LogP) is 2.95. The van der Waals surface area contributed by atoms with E-state index < -0.39 is 0 Å². The van der Waals surface area contributed by atoms with E-state index in [9.17, 15) is 0 Å². The van der Waals surface area contributed by atoms with Gasteiger partial charge in [-0.15, -0.1) is 0 Å². The molecular weight excluding hydrogens is 306 g/mol. The molecule has 1 aliphatic rings. The molecule has 5 heteroatoms. The number of nitrogens with one attached hydrogen (secondary N) is 2. The lowest BCUT2D eigenvalue weighted by Gasteiger charge is -2.34. The van der Waals surface area contributed by atoms with E-state index in [-0.39, 0.29) is 6.10 Å². The Kier molecular flexibility index (Phi) is 6.81. The number of hydrogen-bond donors (Lipinski definition) is 2. The van der Waals surface area contributed by atoms with Gasteiger partial charge in [0, 0.05) is 31.9 Å². The van der Waals surface area contributed by atoms with Crippen molar-refractivity contribution in [2.45, 2.75) is 33.8 Å². The zero-order valence-corrected chi connectivity index (χ0v) is 15.5. The third-order valence-electron chi connectivity index (χ3n) is 4.10. The highest BCUT2D eigenvalue weighted by molar-refractivity contribution is 7.80. The van der Waals surface area contributed by atoms with Crippen LogP contribution in [0.3, 0.4) is 0 Å². The van der Waals surface area contributed by atoms with Crippen molar-refractivity contribution in [1.29, 1.82) is 0 Å². The molecule has 0 aliphatic carbocycles. The molecular formula is C18H29N3OS. The molecule has 2 rings (SSSR count). The van der Waals surface area contributed by atoms with E-state index in [2.05, 4.69) is 61.4 Å². The molecule has 1 fully saturated rings. The fraction of sp³-hybridized carbons (Fsp3) is 0.611. The first-order valence-corrected chi connectivity index (χ1v) is 8.81. The van der Waals surface area contributed by atoms with E-state index in [1.807, 2.05) is 0 Å². The summed E-state index contributed by atoms with van der Waals surface area (Å²) < 4.78 is 5.83. The minimum absolute atomic E-state index is 0.196. The first-order valence-electron chi connectivity index (χ1n) is 8.40. The Balaban J connectivity index is 1.76. The van der Waals surface area contributed by atoms with Crippen LogP contribution in [0.5, 0.6) is 0 Å². The van der Waals surface area contributed by atoms with Gasteiger partial charge in [-0.3, -0.25) is 4.90 Å². The largest absolute Gasteiger partial charge is 0.374 e. The van der Waals surface area contributed by atoms with Gasteiger partial charge in [0.05, 0.1) is 12.7 Å². The molecule has 0 amide bonds. The second-order valence-electron chi connectivity index (χ2n) is 6.78. The quantitative estimate of drug-likeness (QED) is 0.809. The van der Waals surface area contributed by atoms with E-state index in [1.165, 1.54) is 11.1 Å². The molecule has 0 aromatic heterocycles. The minimum atomic E-state index is 0.196. The lowest BCUT2D eigenvalue weighted by atomic mass is 10.1. The predicted molar refractivity (Wildman–Crippen MR) is 101 cm³/mol. The number of hydrogen-bond acceptors (Lipinski definition) is 3. The monoisotopic (exact) mass is 335 g/mol. The summed E-state index contributed by atoms with van der Waals surface area (Å²) >= 11 is 5.39. The van der Waals surface area contributed by atoms with Gasteiger partial charge < -0.3 is 15.4 Å². The van der Waals surface area contributed by atoms with Crippen LogP contribution in [0.1, 0.15) is 25.0 Å². The number of anilines is 1. The Hall–Kier alpha value is -1.17.